The number of hydrogen-bond acceptors (Lipinski definition) is 2. The molecule has 0 radical (unpaired) electrons. The van der Waals surface area contributed by atoms with E-state index in [1.54, 1.807) is 7.05 Å². The van der Waals surface area contributed by atoms with E-state index in [1.165, 1.54) is 0 Å². The third kappa shape index (κ3) is 10.3. The van der Waals surface area contributed by atoms with Gasteiger partial charge in [0, 0.05) is 32.1 Å². The van der Waals surface area contributed by atoms with E-state index in [9.17, 15) is 4.79 Å². The maximum absolute atomic E-state index is 11.3. The Bertz CT molecular complexity index is 242. The molecule has 0 aromatic heterocycles. The zero-order valence-electron chi connectivity index (χ0n) is 11.3. The summed E-state index contributed by atoms with van der Waals surface area (Å²) in [5, 5.41) is 9.12. The Balaban J connectivity index is 0. The maximum atomic E-state index is 11.3. The second kappa shape index (κ2) is 10.6. The SMILES string of the molecule is CN=C(NCCNC(=O)C(C)C)NC(C)C.I. The van der Waals surface area contributed by atoms with Gasteiger partial charge in [0.2, 0.25) is 5.91 Å². The summed E-state index contributed by atoms with van der Waals surface area (Å²) >= 11 is 0. The van der Waals surface area contributed by atoms with Crippen LogP contribution in [0.15, 0.2) is 4.99 Å². The molecular weight excluding hydrogens is 331 g/mol. The number of carbonyl (C=O) groups excluding carboxylic acids is 1. The molecule has 0 bridgehead atoms. The molecule has 0 aliphatic heterocycles. The van der Waals surface area contributed by atoms with Crippen molar-refractivity contribution in [3.05, 3.63) is 0 Å². The topological polar surface area (TPSA) is 65.5 Å². The Kier molecular flexibility index (Phi) is 11.8. The van der Waals surface area contributed by atoms with Gasteiger partial charge in [-0.1, -0.05) is 13.8 Å². The van der Waals surface area contributed by atoms with Crippen LogP contribution in [0.25, 0.3) is 0 Å². The number of amides is 1. The van der Waals surface area contributed by atoms with Gasteiger partial charge >= 0.3 is 0 Å². The molecule has 0 aromatic rings. The van der Waals surface area contributed by atoms with Crippen LogP contribution in [0.2, 0.25) is 0 Å². The van der Waals surface area contributed by atoms with Crippen LogP contribution >= 0.6 is 24.0 Å². The van der Waals surface area contributed by atoms with E-state index in [-0.39, 0.29) is 35.8 Å². The molecule has 0 rings (SSSR count). The lowest BCUT2D eigenvalue weighted by Crippen LogP contribution is -2.44. The van der Waals surface area contributed by atoms with Crippen LogP contribution in [0, 0.1) is 5.92 Å². The largest absolute Gasteiger partial charge is 0.355 e. The van der Waals surface area contributed by atoms with Crippen LogP contribution in [0.5, 0.6) is 0 Å². The monoisotopic (exact) mass is 356 g/mol. The van der Waals surface area contributed by atoms with Crippen molar-refractivity contribution in [1.29, 1.82) is 0 Å². The maximum Gasteiger partial charge on any atom is 0.222 e. The molecule has 102 valence electrons. The number of aliphatic imine (C=N–C) groups is 1. The molecule has 0 spiro atoms. The first kappa shape index (κ1) is 18.8. The van der Waals surface area contributed by atoms with Gasteiger partial charge in [-0.3, -0.25) is 9.79 Å². The van der Waals surface area contributed by atoms with Crippen LogP contribution in [0.1, 0.15) is 27.7 Å². The van der Waals surface area contributed by atoms with E-state index >= 15 is 0 Å². The second-order valence-corrected chi connectivity index (χ2v) is 4.24. The molecule has 6 heteroatoms. The first-order chi connectivity index (χ1) is 7.47. The Labute approximate surface area is 121 Å². The second-order valence-electron chi connectivity index (χ2n) is 4.24. The lowest BCUT2D eigenvalue weighted by Gasteiger charge is -2.14. The van der Waals surface area contributed by atoms with Gasteiger partial charge in [0.25, 0.3) is 0 Å². The van der Waals surface area contributed by atoms with Crippen LogP contribution in [0.4, 0.5) is 0 Å². The Morgan fingerprint density at radius 2 is 1.65 bits per heavy atom. The van der Waals surface area contributed by atoms with Gasteiger partial charge in [-0.05, 0) is 13.8 Å². The quantitative estimate of drug-likeness (QED) is 0.297. The van der Waals surface area contributed by atoms with Gasteiger partial charge in [0.05, 0.1) is 0 Å². The standard InChI is InChI=1S/C11H24N4O.HI/c1-8(2)10(16)13-6-7-14-11(12-5)15-9(3)4;/h8-9H,6-7H2,1-5H3,(H,13,16)(H2,12,14,15);1H. The number of hydrogen-bond donors (Lipinski definition) is 3. The number of nitrogens with zero attached hydrogens (tertiary/aromatic N) is 1. The summed E-state index contributed by atoms with van der Waals surface area (Å²) < 4.78 is 0. The summed E-state index contributed by atoms with van der Waals surface area (Å²) in [6.45, 7) is 9.13. The molecule has 1 amide bonds. The number of nitrogens with one attached hydrogen (secondary N) is 3. The molecular formula is C11H25IN4O. The van der Waals surface area contributed by atoms with Crippen LogP contribution in [-0.4, -0.2) is 38.0 Å². The van der Waals surface area contributed by atoms with Crippen LogP contribution < -0.4 is 16.0 Å². The van der Waals surface area contributed by atoms with Gasteiger partial charge < -0.3 is 16.0 Å². The number of carbonyl (C=O) groups is 1. The molecule has 3 N–H and O–H groups in total. The predicted molar refractivity (Wildman–Crippen MR) is 82.9 cm³/mol. The number of rotatable bonds is 5. The fourth-order valence-electron chi connectivity index (χ4n) is 1.04. The molecule has 0 aliphatic carbocycles. The average Bonchev–Trinajstić information content (AvgIpc) is 2.21. The first-order valence-electron chi connectivity index (χ1n) is 5.72. The van der Waals surface area contributed by atoms with Crippen molar-refractivity contribution in [3.8, 4) is 0 Å². The van der Waals surface area contributed by atoms with Crippen molar-refractivity contribution < 1.29 is 4.79 Å². The summed E-state index contributed by atoms with van der Waals surface area (Å²) in [4.78, 5) is 15.3. The van der Waals surface area contributed by atoms with Crippen LogP contribution in [-0.2, 0) is 4.79 Å². The summed E-state index contributed by atoms with van der Waals surface area (Å²) in [7, 11) is 1.73. The van der Waals surface area contributed by atoms with Crippen LogP contribution in [0.3, 0.4) is 0 Å². The third-order valence-electron chi connectivity index (χ3n) is 1.89. The minimum atomic E-state index is 0. The van der Waals surface area contributed by atoms with Gasteiger partial charge in [0.1, 0.15) is 0 Å². The highest BCUT2D eigenvalue weighted by atomic mass is 127. The Morgan fingerprint density at radius 3 is 2.06 bits per heavy atom. The first-order valence-corrected chi connectivity index (χ1v) is 5.72. The predicted octanol–water partition coefficient (Wildman–Crippen LogP) is 0.950. The Hall–Kier alpha value is -0.530. The lowest BCUT2D eigenvalue weighted by atomic mass is 10.2. The minimum absolute atomic E-state index is 0. The molecule has 0 aliphatic rings. The molecule has 0 fully saturated rings. The highest BCUT2D eigenvalue weighted by molar-refractivity contribution is 14.0. The molecule has 0 atom stereocenters. The zero-order valence-corrected chi connectivity index (χ0v) is 13.7. The molecule has 5 nitrogen and oxygen atoms in total. The third-order valence-corrected chi connectivity index (χ3v) is 1.89. The minimum Gasteiger partial charge on any atom is -0.355 e. The summed E-state index contributed by atoms with van der Waals surface area (Å²) in [6.07, 6.45) is 0. The van der Waals surface area contributed by atoms with E-state index in [1.807, 2.05) is 27.7 Å². The highest BCUT2D eigenvalue weighted by Crippen LogP contribution is 1.88. The van der Waals surface area contributed by atoms with E-state index in [2.05, 4.69) is 20.9 Å². The summed E-state index contributed by atoms with van der Waals surface area (Å²) in [5.74, 6) is 0.871. The fraction of sp³-hybridized carbons (Fsp3) is 0.818. The molecule has 17 heavy (non-hydrogen) atoms. The molecule has 0 heterocycles. The van der Waals surface area contributed by atoms with E-state index in [4.69, 9.17) is 0 Å². The van der Waals surface area contributed by atoms with Crippen molar-refractivity contribution in [2.75, 3.05) is 20.1 Å². The molecule has 0 unspecified atom stereocenters. The van der Waals surface area contributed by atoms with Crippen molar-refractivity contribution in [2.24, 2.45) is 10.9 Å². The lowest BCUT2D eigenvalue weighted by molar-refractivity contribution is -0.123. The highest BCUT2D eigenvalue weighted by Gasteiger charge is 2.05. The van der Waals surface area contributed by atoms with Crippen molar-refractivity contribution in [1.82, 2.24) is 16.0 Å². The van der Waals surface area contributed by atoms with Crippen molar-refractivity contribution in [3.63, 3.8) is 0 Å². The number of halogens is 1. The fourth-order valence-corrected chi connectivity index (χ4v) is 1.04. The average molecular weight is 356 g/mol. The van der Waals surface area contributed by atoms with Gasteiger partial charge in [-0.2, -0.15) is 0 Å². The smallest absolute Gasteiger partial charge is 0.222 e. The molecule has 0 aromatic carbocycles. The number of guanidine groups is 1. The van der Waals surface area contributed by atoms with Gasteiger partial charge in [-0.15, -0.1) is 24.0 Å². The summed E-state index contributed by atoms with van der Waals surface area (Å²) in [6, 6.07) is 0.344. The zero-order chi connectivity index (χ0) is 12.6. The van der Waals surface area contributed by atoms with E-state index < -0.39 is 0 Å². The normalized spacial score (nSPS) is 11.1. The van der Waals surface area contributed by atoms with Gasteiger partial charge in [0.15, 0.2) is 5.96 Å². The van der Waals surface area contributed by atoms with Gasteiger partial charge in [-0.25, -0.2) is 0 Å². The van der Waals surface area contributed by atoms with E-state index in [0.29, 0.717) is 19.1 Å². The molecule has 0 saturated carbocycles. The molecule has 0 saturated heterocycles. The van der Waals surface area contributed by atoms with Crippen molar-refractivity contribution in [2.45, 2.75) is 33.7 Å². The van der Waals surface area contributed by atoms with Crippen molar-refractivity contribution >= 4 is 35.8 Å². The Morgan fingerprint density at radius 1 is 1.12 bits per heavy atom. The summed E-state index contributed by atoms with van der Waals surface area (Å²) in [5.41, 5.74) is 0. The van der Waals surface area contributed by atoms with E-state index in [0.717, 1.165) is 5.96 Å².